The smallest absolute Gasteiger partial charge is 0.312 e. The summed E-state index contributed by atoms with van der Waals surface area (Å²) in [5.41, 5.74) is -1.58. The Morgan fingerprint density at radius 1 is 1.18 bits per heavy atom. The van der Waals surface area contributed by atoms with Crippen molar-refractivity contribution in [3.05, 3.63) is 25.3 Å². The number of nitrogens with zero attached hydrogens (tertiary/aromatic N) is 2. The zero-order valence-electron chi connectivity index (χ0n) is 23.2. The minimum Gasteiger partial charge on any atom is -0.465 e. The number of unbranched alkanes of at least 4 members (excludes halogenated alkanes) is 5. The second-order valence-corrected chi connectivity index (χ2v) is 12.9. The molecule has 214 valence electrons. The predicted molar refractivity (Wildman–Crippen MR) is 150 cm³/mol. The number of esters is 1. The number of carbonyl (C=O) groups is 3. The van der Waals surface area contributed by atoms with Crippen molar-refractivity contribution in [2.24, 2.45) is 11.8 Å². The van der Waals surface area contributed by atoms with Crippen molar-refractivity contribution in [1.82, 2.24) is 9.80 Å². The van der Waals surface area contributed by atoms with Gasteiger partial charge in [0.25, 0.3) is 0 Å². The van der Waals surface area contributed by atoms with Crippen LogP contribution in [0.5, 0.6) is 0 Å². The summed E-state index contributed by atoms with van der Waals surface area (Å²) in [7, 11) is 0. The lowest BCUT2D eigenvalue weighted by Crippen LogP contribution is -2.60. The van der Waals surface area contributed by atoms with Gasteiger partial charge in [0.1, 0.15) is 11.6 Å². The van der Waals surface area contributed by atoms with E-state index in [0.29, 0.717) is 32.4 Å². The average Bonchev–Trinajstić information content (AvgIpc) is 3.44. The molecule has 1 N–H and O–H groups in total. The van der Waals surface area contributed by atoms with E-state index >= 15 is 0 Å². The van der Waals surface area contributed by atoms with Crippen LogP contribution in [0.25, 0.3) is 0 Å². The van der Waals surface area contributed by atoms with Crippen molar-refractivity contribution >= 4 is 33.7 Å². The van der Waals surface area contributed by atoms with Crippen molar-refractivity contribution < 1.29 is 29.0 Å². The highest BCUT2D eigenvalue weighted by atomic mass is 79.9. The topological polar surface area (TPSA) is 96.4 Å². The van der Waals surface area contributed by atoms with Gasteiger partial charge in [-0.05, 0) is 59.3 Å². The Balaban J connectivity index is 1.92. The van der Waals surface area contributed by atoms with Gasteiger partial charge in [-0.3, -0.25) is 14.4 Å². The van der Waals surface area contributed by atoms with Crippen LogP contribution in [0.3, 0.4) is 0 Å². The van der Waals surface area contributed by atoms with Gasteiger partial charge in [-0.2, -0.15) is 0 Å². The van der Waals surface area contributed by atoms with E-state index in [-0.39, 0.29) is 29.9 Å². The number of ether oxygens (including phenoxy) is 2. The van der Waals surface area contributed by atoms with Crippen molar-refractivity contribution in [3.8, 4) is 0 Å². The van der Waals surface area contributed by atoms with Gasteiger partial charge < -0.3 is 24.4 Å². The molecule has 9 heteroatoms. The maximum absolute atomic E-state index is 14.3. The summed E-state index contributed by atoms with van der Waals surface area (Å²) in [4.78, 5) is 45.0. The third kappa shape index (κ3) is 6.04. The zero-order valence-corrected chi connectivity index (χ0v) is 24.8. The molecule has 3 rings (SSSR count). The third-order valence-electron chi connectivity index (χ3n) is 8.04. The first-order chi connectivity index (χ1) is 18.0. The Hall–Kier alpha value is -1.71. The van der Waals surface area contributed by atoms with Crippen molar-refractivity contribution in [1.29, 1.82) is 0 Å². The monoisotopic (exact) mass is 596 g/mol. The SMILES string of the molecule is C=CCCCCOC(=O)[C@H]1[C@@H]2OC3(CC2Br)C(C(=O)N(CC=C)C(C)(C)C)N(CCCCCCO)C(=O)[C@H]13. The highest BCUT2D eigenvalue weighted by Crippen LogP contribution is 2.60. The van der Waals surface area contributed by atoms with Gasteiger partial charge in [0.15, 0.2) is 0 Å². The molecule has 3 aliphatic heterocycles. The number of carbonyl (C=O) groups excluding carboxylic acids is 3. The molecule has 0 aromatic rings. The number of likely N-dealkylation sites (tertiary alicyclic amines) is 1. The summed E-state index contributed by atoms with van der Waals surface area (Å²) < 4.78 is 12.2. The quantitative estimate of drug-likeness (QED) is 0.133. The van der Waals surface area contributed by atoms with Crippen LogP contribution >= 0.6 is 15.9 Å². The number of aliphatic hydroxyl groups is 1. The molecular weight excluding hydrogens is 552 g/mol. The third-order valence-corrected chi connectivity index (χ3v) is 8.88. The van der Waals surface area contributed by atoms with Crippen molar-refractivity contribution in [3.63, 3.8) is 0 Å². The number of amides is 2. The van der Waals surface area contributed by atoms with Gasteiger partial charge in [0.05, 0.1) is 24.5 Å². The van der Waals surface area contributed by atoms with E-state index in [0.717, 1.165) is 32.1 Å². The Morgan fingerprint density at radius 2 is 1.89 bits per heavy atom. The lowest BCUT2D eigenvalue weighted by molar-refractivity contribution is -0.155. The average molecular weight is 598 g/mol. The second-order valence-electron chi connectivity index (χ2n) is 11.7. The van der Waals surface area contributed by atoms with Crippen LogP contribution in [0.1, 0.15) is 72.1 Å². The minimum absolute atomic E-state index is 0.135. The van der Waals surface area contributed by atoms with Crippen LogP contribution in [-0.4, -0.2) is 87.1 Å². The number of halogens is 1. The van der Waals surface area contributed by atoms with Crippen LogP contribution in [0.4, 0.5) is 0 Å². The van der Waals surface area contributed by atoms with Crippen LogP contribution < -0.4 is 0 Å². The molecule has 2 amide bonds. The van der Waals surface area contributed by atoms with Gasteiger partial charge in [0, 0.05) is 30.1 Å². The van der Waals surface area contributed by atoms with Crippen molar-refractivity contribution in [2.75, 3.05) is 26.3 Å². The molecule has 0 aromatic carbocycles. The highest BCUT2D eigenvalue weighted by molar-refractivity contribution is 9.09. The molecule has 3 aliphatic rings. The standard InChI is InChI=1S/C29H45BrN2O6/c1-6-8-9-14-18-37-27(36)21-22-25(34)31(16-12-10-11-13-17-33)24(29(22)19-20(30)23(21)38-29)26(35)32(15-7-2)28(3,4)5/h6-7,20-24,33H,1-2,8-19H2,3-5H3/t20?,21-,22+,23-,24?,29?/m1/s1. The summed E-state index contributed by atoms with van der Waals surface area (Å²) in [6, 6.07) is -0.826. The lowest BCUT2D eigenvalue weighted by Gasteiger charge is -2.42. The number of hydrogen-bond acceptors (Lipinski definition) is 6. The Morgan fingerprint density at radius 3 is 2.53 bits per heavy atom. The highest BCUT2D eigenvalue weighted by Gasteiger charge is 2.77. The molecule has 0 saturated carbocycles. The summed E-state index contributed by atoms with van der Waals surface area (Å²) in [6.07, 6.45) is 9.03. The lowest BCUT2D eigenvalue weighted by atomic mass is 9.70. The van der Waals surface area contributed by atoms with E-state index in [1.807, 2.05) is 26.8 Å². The summed E-state index contributed by atoms with van der Waals surface area (Å²) in [6.45, 7) is 14.6. The molecular formula is C29H45BrN2O6. The van der Waals surface area contributed by atoms with Gasteiger partial charge in [0.2, 0.25) is 11.8 Å². The molecule has 38 heavy (non-hydrogen) atoms. The number of allylic oxidation sites excluding steroid dienone is 1. The van der Waals surface area contributed by atoms with Crippen LogP contribution in [0.2, 0.25) is 0 Å². The molecule has 1 spiro atoms. The van der Waals surface area contributed by atoms with Crippen LogP contribution in [-0.2, 0) is 23.9 Å². The first-order valence-corrected chi connectivity index (χ1v) is 14.9. The van der Waals surface area contributed by atoms with Gasteiger partial charge >= 0.3 is 5.97 Å². The van der Waals surface area contributed by atoms with Crippen LogP contribution in [0, 0.1) is 11.8 Å². The van der Waals surface area contributed by atoms with Crippen LogP contribution in [0.15, 0.2) is 25.3 Å². The Labute approximate surface area is 235 Å². The molecule has 3 saturated heterocycles. The Kier molecular flexibility index (Phi) is 10.6. The fourth-order valence-electron chi connectivity index (χ4n) is 6.30. The maximum atomic E-state index is 14.3. The summed E-state index contributed by atoms with van der Waals surface area (Å²) in [5.74, 6) is -2.31. The normalized spacial score (nSPS) is 29.9. The van der Waals surface area contributed by atoms with E-state index in [9.17, 15) is 14.4 Å². The minimum atomic E-state index is -1.09. The largest absolute Gasteiger partial charge is 0.465 e. The first kappa shape index (κ1) is 30.8. The van der Waals surface area contributed by atoms with E-state index in [1.54, 1.807) is 15.9 Å². The van der Waals surface area contributed by atoms with Crippen molar-refractivity contribution in [2.45, 2.75) is 100 Å². The van der Waals surface area contributed by atoms with E-state index in [1.165, 1.54) is 0 Å². The second kappa shape index (κ2) is 13.1. The molecule has 2 bridgehead atoms. The zero-order chi connectivity index (χ0) is 28.1. The molecule has 3 unspecified atom stereocenters. The molecule has 0 aromatic heterocycles. The van der Waals surface area contributed by atoms with Gasteiger partial charge in [-0.25, -0.2) is 0 Å². The molecule has 3 heterocycles. The predicted octanol–water partition coefficient (Wildman–Crippen LogP) is 4.00. The van der Waals surface area contributed by atoms with E-state index < -0.39 is 41.1 Å². The number of fused-ring (bicyclic) bond motifs is 1. The fraction of sp³-hybridized carbons (Fsp3) is 0.759. The van der Waals surface area contributed by atoms with E-state index in [4.69, 9.17) is 14.6 Å². The number of alkyl halides is 1. The fourth-order valence-corrected chi connectivity index (χ4v) is 7.24. The number of aliphatic hydroxyl groups excluding tert-OH is 1. The maximum Gasteiger partial charge on any atom is 0.312 e. The molecule has 8 nitrogen and oxygen atoms in total. The molecule has 6 atom stereocenters. The number of hydrogen-bond donors (Lipinski definition) is 1. The van der Waals surface area contributed by atoms with Gasteiger partial charge in [-0.15, -0.1) is 13.2 Å². The number of rotatable bonds is 15. The molecule has 0 aliphatic carbocycles. The van der Waals surface area contributed by atoms with Gasteiger partial charge in [-0.1, -0.05) is 40.9 Å². The summed E-state index contributed by atoms with van der Waals surface area (Å²) in [5, 5.41) is 9.12. The Bertz CT molecular complexity index is 889. The molecule has 3 fully saturated rings. The molecule has 0 radical (unpaired) electrons. The summed E-state index contributed by atoms with van der Waals surface area (Å²) >= 11 is 3.70. The first-order valence-electron chi connectivity index (χ1n) is 14.0. The van der Waals surface area contributed by atoms with E-state index in [2.05, 4.69) is 29.1 Å².